The number of primary amides is 1. The van der Waals surface area contributed by atoms with Gasteiger partial charge in [0, 0.05) is 16.1 Å². The van der Waals surface area contributed by atoms with Crippen LogP contribution in [0.1, 0.15) is 11.1 Å². The minimum atomic E-state index is -4.08. The van der Waals surface area contributed by atoms with Gasteiger partial charge in [0.2, 0.25) is 10.0 Å². The van der Waals surface area contributed by atoms with Crippen molar-refractivity contribution in [2.24, 2.45) is 10.9 Å². The van der Waals surface area contributed by atoms with E-state index in [4.69, 9.17) is 22.5 Å². The molecule has 30 heavy (non-hydrogen) atoms. The Morgan fingerprint density at radius 1 is 1.03 bits per heavy atom. The Hall–Kier alpha value is -3.38. The van der Waals surface area contributed by atoms with Crippen molar-refractivity contribution in [2.75, 3.05) is 4.90 Å². The molecule has 0 aliphatic rings. The molecule has 0 heterocycles. The molecule has 0 atom stereocenters. The number of hydrogen-bond donors (Lipinski definition) is 2. The highest BCUT2D eigenvalue weighted by molar-refractivity contribution is 7.89. The molecule has 9 heteroatoms. The van der Waals surface area contributed by atoms with Gasteiger partial charge in [-0.1, -0.05) is 35.9 Å². The molecule has 0 spiro atoms. The molecule has 0 aliphatic heterocycles. The second-order valence-electron chi connectivity index (χ2n) is 6.44. The predicted molar refractivity (Wildman–Crippen MR) is 116 cm³/mol. The fourth-order valence-electron chi connectivity index (χ4n) is 3.16. The Morgan fingerprint density at radius 2 is 1.73 bits per heavy atom. The lowest BCUT2D eigenvalue weighted by Gasteiger charge is -2.26. The van der Waals surface area contributed by atoms with E-state index in [-0.39, 0.29) is 21.7 Å². The molecule has 152 valence electrons. The molecule has 2 amide bonds. The van der Waals surface area contributed by atoms with Gasteiger partial charge in [-0.25, -0.2) is 18.4 Å². The predicted octanol–water partition coefficient (Wildman–Crippen LogP) is 4.05. The van der Waals surface area contributed by atoms with E-state index in [1.54, 1.807) is 37.3 Å². The number of hydrogen-bond acceptors (Lipinski definition) is 4. The number of amides is 2. The van der Waals surface area contributed by atoms with Crippen molar-refractivity contribution in [1.29, 1.82) is 5.26 Å². The monoisotopic (exact) mass is 440 g/mol. The number of benzene rings is 3. The number of rotatable bonds is 4. The summed E-state index contributed by atoms with van der Waals surface area (Å²) in [6.07, 6.45) is 0. The van der Waals surface area contributed by atoms with E-state index < -0.39 is 16.1 Å². The third-order valence-corrected chi connectivity index (χ3v) is 5.93. The summed E-state index contributed by atoms with van der Waals surface area (Å²) in [5.41, 5.74) is 7.81. The van der Waals surface area contributed by atoms with Gasteiger partial charge in [0.1, 0.15) is 0 Å². The van der Waals surface area contributed by atoms with E-state index >= 15 is 0 Å². The van der Waals surface area contributed by atoms with E-state index in [1.165, 1.54) is 35.2 Å². The van der Waals surface area contributed by atoms with E-state index in [9.17, 15) is 18.5 Å². The van der Waals surface area contributed by atoms with Crippen LogP contribution in [0, 0.1) is 18.3 Å². The van der Waals surface area contributed by atoms with Crippen LogP contribution in [0.3, 0.4) is 0 Å². The van der Waals surface area contributed by atoms with Crippen LogP contribution in [0.4, 0.5) is 16.2 Å². The van der Waals surface area contributed by atoms with Crippen molar-refractivity contribution in [3.05, 3.63) is 76.8 Å². The number of nitrogens with zero attached hydrogens (tertiary/aromatic N) is 2. The standard InChI is InChI=1S/C21H17ClN4O3S/c1-13-17(22)6-4-7-18(13)26(21(24)27)19-10-9-14(12-23)11-16(19)15-5-2-3-8-20(15)30(25,28)29/h2-11H,1H3,(H2,24,27)(H2,25,28,29). The molecule has 0 unspecified atom stereocenters. The van der Waals surface area contributed by atoms with Crippen LogP contribution >= 0.6 is 11.6 Å². The molecule has 3 aromatic carbocycles. The van der Waals surface area contributed by atoms with E-state index in [1.807, 2.05) is 6.07 Å². The summed E-state index contributed by atoms with van der Waals surface area (Å²) < 4.78 is 24.3. The molecule has 0 fully saturated rings. The number of halogens is 1. The zero-order chi connectivity index (χ0) is 22.1. The van der Waals surface area contributed by atoms with Crippen LogP contribution in [-0.4, -0.2) is 14.4 Å². The van der Waals surface area contributed by atoms with Gasteiger partial charge in [-0.2, -0.15) is 5.26 Å². The van der Waals surface area contributed by atoms with Crippen LogP contribution in [0.5, 0.6) is 0 Å². The summed E-state index contributed by atoms with van der Waals surface area (Å²) in [4.78, 5) is 13.6. The summed E-state index contributed by atoms with van der Waals surface area (Å²) in [6, 6.07) is 16.8. The highest BCUT2D eigenvalue weighted by Crippen LogP contribution is 2.40. The summed E-state index contributed by atoms with van der Waals surface area (Å²) in [6.45, 7) is 1.73. The van der Waals surface area contributed by atoms with Gasteiger partial charge in [-0.05, 0) is 48.9 Å². The Morgan fingerprint density at radius 3 is 2.37 bits per heavy atom. The molecule has 0 saturated heterocycles. The van der Waals surface area contributed by atoms with Crippen molar-refractivity contribution < 1.29 is 13.2 Å². The topological polar surface area (TPSA) is 130 Å². The largest absolute Gasteiger partial charge is 0.351 e. The normalized spacial score (nSPS) is 11.0. The Labute approximate surface area is 179 Å². The van der Waals surface area contributed by atoms with E-state index in [0.29, 0.717) is 21.8 Å². The number of nitrogens with two attached hydrogens (primary N) is 2. The summed E-state index contributed by atoms with van der Waals surface area (Å²) in [5.74, 6) is 0. The number of primary sulfonamides is 1. The first kappa shape index (κ1) is 21.3. The first-order chi connectivity index (χ1) is 14.1. The molecule has 4 N–H and O–H groups in total. The van der Waals surface area contributed by atoms with Crippen LogP contribution in [0.25, 0.3) is 11.1 Å². The Balaban J connectivity index is 2.39. The summed E-state index contributed by atoms with van der Waals surface area (Å²) in [5, 5.41) is 15.2. The van der Waals surface area contributed by atoms with Crippen molar-refractivity contribution in [2.45, 2.75) is 11.8 Å². The number of sulfonamides is 1. The highest BCUT2D eigenvalue weighted by atomic mass is 35.5. The molecular weight excluding hydrogens is 424 g/mol. The molecule has 3 aromatic rings. The van der Waals surface area contributed by atoms with Gasteiger partial charge in [0.05, 0.1) is 27.9 Å². The second kappa shape index (κ2) is 8.16. The number of carbonyl (C=O) groups is 1. The number of urea groups is 1. The molecule has 0 aromatic heterocycles. The molecule has 0 radical (unpaired) electrons. The summed E-state index contributed by atoms with van der Waals surface area (Å²) in [7, 11) is -4.08. The lowest BCUT2D eigenvalue weighted by Crippen LogP contribution is -2.32. The molecule has 0 bridgehead atoms. The fraction of sp³-hybridized carbons (Fsp3) is 0.0476. The smallest absolute Gasteiger partial charge is 0.323 e. The highest BCUT2D eigenvalue weighted by Gasteiger charge is 2.24. The first-order valence-corrected chi connectivity index (χ1v) is 10.6. The number of anilines is 2. The van der Waals surface area contributed by atoms with Gasteiger partial charge in [-0.15, -0.1) is 0 Å². The zero-order valence-corrected chi connectivity index (χ0v) is 17.4. The minimum absolute atomic E-state index is 0.145. The molecule has 7 nitrogen and oxygen atoms in total. The Kier molecular flexibility index (Phi) is 5.80. The molecule has 0 saturated carbocycles. The maximum atomic E-state index is 12.5. The molecule has 3 rings (SSSR count). The van der Waals surface area contributed by atoms with Crippen LogP contribution in [-0.2, 0) is 10.0 Å². The van der Waals surface area contributed by atoms with Crippen molar-refractivity contribution >= 4 is 39.0 Å². The lowest BCUT2D eigenvalue weighted by atomic mass is 9.99. The average molecular weight is 441 g/mol. The minimum Gasteiger partial charge on any atom is -0.351 e. The SMILES string of the molecule is Cc1c(Cl)cccc1N(C(N)=O)c1ccc(C#N)cc1-c1ccccc1S(N)(=O)=O. The lowest BCUT2D eigenvalue weighted by molar-refractivity contribution is 0.256. The van der Waals surface area contributed by atoms with Crippen LogP contribution < -0.4 is 15.8 Å². The number of nitriles is 1. The zero-order valence-electron chi connectivity index (χ0n) is 15.8. The molecular formula is C21H17ClN4O3S. The van der Waals surface area contributed by atoms with Gasteiger partial charge >= 0.3 is 6.03 Å². The van der Waals surface area contributed by atoms with Crippen molar-refractivity contribution in [3.8, 4) is 17.2 Å². The fourth-order valence-corrected chi connectivity index (χ4v) is 4.08. The summed E-state index contributed by atoms with van der Waals surface area (Å²) >= 11 is 6.22. The second-order valence-corrected chi connectivity index (χ2v) is 8.38. The first-order valence-electron chi connectivity index (χ1n) is 8.66. The van der Waals surface area contributed by atoms with Crippen molar-refractivity contribution in [3.63, 3.8) is 0 Å². The number of carbonyl (C=O) groups excluding carboxylic acids is 1. The average Bonchev–Trinajstić information content (AvgIpc) is 2.70. The third-order valence-electron chi connectivity index (χ3n) is 4.55. The van der Waals surface area contributed by atoms with E-state index in [2.05, 4.69) is 0 Å². The van der Waals surface area contributed by atoms with Crippen molar-refractivity contribution in [1.82, 2.24) is 0 Å². The molecule has 0 aliphatic carbocycles. The third kappa shape index (κ3) is 4.00. The van der Waals surface area contributed by atoms with Gasteiger partial charge in [0.15, 0.2) is 0 Å². The van der Waals surface area contributed by atoms with Gasteiger partial charge < -0.3 is 5.73 Å². The van der Waals surface area contributed by atoms with Crippen LogP contribution in [0.15, 0.2) is 65.6 Å². The maximum absolute atomic E-state index is 12.5. The van der Waals surface area contributed by atoms with Gasteiger partial charge in [0.25, 0.3) is 0 Å². The van der Waals surface area contributed by atoms with E-state index in [0.717, 1.165) is 0 Å². The van der Waals surface area contributed by atoms with Crippen LogP contribution in [0.2, 0.25) is 5.02 Å². The maximum Gasteiger partial charge on any atom is 0.323 e. The Bertz CT molecular complexity index is 1300. The quantitative estimate of drug-likeness (QED) is 0.633. The van der Waals surface area contributed by atoms with Gasteiger partial charge in [-0.3, -0.25) is 4.90 Å².